The SMILES string of the molecule is Cc1ncc2oc(-c3ccc(Nc4nc5n(n4)CCC(c4ccc(F)cc4)C5)cc3)nn12. The second kappa shape index (κ2) is 7.30. The van der Waals surface area contributed by atoms with Crippen molar-refractivity contribution in [1.29, 1.82) is 0 Å². The molecule has 8 nitrogen and oxygen atoms in total. The van der Waals surface area contributed by atoms with Gasteiger partial charge in [-0.1, -0.05) is 12.1 Å². The van der Waals surface area contributed by atoms with Gasteiger partial charge in [-0.3, -0.25) is 0 Å². The Kier molecular flexibility index (Phi) is 4.27. The third-order valence-corrected chi connectivity index (χ3v) is 5.87. The zero-order valence-corrected chi connectivity index (χ0v) is 17.4. The molecule has 3 aromatic heterocycles. The second-order valence-corrected chi connectivity index (χ2v) is 7.98. The van der Waals surface area contributed by atoms with E-state index in [9.17, 15) is 4.39 Å². The summed E-state index contributed by atoms with van der Waals surface area (Å²) in [5.74, 6) is 2.94. The molecule has 0 spiro atoms. The van der Waals surface area contributed by atoms with Crippen LogP contribution in [0.25, 0.3) is 17.2 Å². The van der Waals surface area contributed by atoms with E-state index in [1.807, 2.05) is 48.0 Å². The van der Waals surface area contributed by atoms with Crippen molar-refractivity contribution in [2.75, 3.05) is 5.32 Å². The molecule has 1 aliphatic rings. The molecule has 0 amide bonds. The third kappa shape index (κ3) is 3.31. The smallest absolute Gasteiger partial charge is 0.246 e. The minimum atomic E-state index is -0.210. The van der Waals surface area contributed by atoms with E-state index in [0.29, 0.717) is 23.5 Å². The molecule has 1 aliphatic heterocycles. The summed E-state index contributed by atoms with van der Waals surface area (Å²) in [4.78, 5) is 8.85. The molecular formula is C23H20FN7O. The molecule has 9 heteroatoms. The third-order valence-electron chi connectivity index (χ3n) is 5.87. The fourth-order valence-electron chi connectivity index (χ4n) is 4.14. The molecule has 1 N–H and O–H groups in total. The summed E-state index contributed by atoms with van der Waals surface area (Å²) in [5.41, 5.74) is 3.51. The molecule has 5 aromatic rings. The highest BCUT2D eigenvalue weighted by Gasteiger charge is 2.23. The van der Waals surface area contributed by atoms with Crippen LogP contribution in [0.5, 0.6) is 0 Å². The van der Waals surface area contributed by atoms with Crippen molar-refractivity contribution in [3.05, 3.63) is 77.8 Å². The van der Waals surface area contributed by atoms with Crippen LogP contribution in [0.2, 0.25) is 0 Å². The number of imidazole rings is 1. The van der Waals surface area contributed by atoms with Crippen LogP contribution in [0, 0.1) is 12.7 Å². The quantitative estimate of drug-likeness (QED) is 0.453. The van der Waals surface area contributed by atoms with Crippen LogP contribution >= 0.6 is 0 Å². The Bertz CT molecular complexity index is 1400. The molecule has 32 heavy (non-hydrogen) atoms. The van der Waals surface area contributed by atoms with Gasteiger partial charge in [-0.2, -0.15) is 9.50 Å². The summed E-state index contributed by atoms with van der Waals surface area (Å²) >= 11 is 0. The van der Waals surface area contributed by atoms with Crippen LogP contribution in [0.15, 0.2) is 59.1 Å². The predicted octanol–water partition coefficient (Wildman–Crippen LogP) is 4.50. The number of fused-ring (bicyclic) bond motifs is 2. The molecule has 0 radical (unpaired) electrons. The number of aryl methyl sites for hydroxylation is 2. The van der Waals surface area contributed by atoms with E-state index in [4.69, 9.17) is 4.42 Å². The highest BCUT2D eigenvalue weighted by atomic mass is 19.1. The van der Waals surface area contributed by atoms with E-state index in [0.717, 1.165) is 47.8 Å². The fraction of sp³-hybridized carbons (Fsp3) is 0.217. The number of halogens is 1. The molecule has 0 fully saturated rings. The van der Waals surface area contributed by atoms with Crippen molar-refractivity contribution < 1.29 is 8.81 Å². The number of benzene rings is 2. The first kappa shape index (κ1) is 18.7. The van der Waals surface area contributed by atoms with Crippen LogP contribution in [0.3, 0.4) is 0 Å². The summed E-state index contributed by atoms with van der Waals surface area (Å²) in [7, 11) is 0. The number of hydrogen-bond acceptors (Lipinski definition) is 6. The van der Waals surface area contributed by atoms with Gasteiger partial charge in [-0.15, -0.1) is 10.2 Å². The standard InChI is InChI=1S/C23H20FN7O/c1-14-25-13-21-31(14)28-22(32-21)16-4-8-19(9-5-16)26-23-27-20-12-17(10-11-30(20)29-23)15-2-6-18(24)7-3-15/h2-9,13,17H,10-12H2,1H3,(H,26,29). The Hall–Kier alpha value is -4.01. The average Bonchev–Trinajstić information content (AvgIpc) is 3.50. The summed E-state index contributed by atoms with van der Waals surface area (Å²) in [6.07, 6.45) is 3.40. The lowest BCUT2D eigenvalue weighted by molar-refractivity contribution is 0.434. The number of hydrogen-bond donors (Lipinski definition) is 1. The number of aromatic nitrogens is 6. The molecule has 6 rings (SSSR count). The molecule has 4 heterocycles. The number of rotatable bonds is 4. The Labute approximate surface area is 182 Å². The molecule has 160 valence electrons. The van der Waals surface area contributed by atoms with Crippen LogP contribution in [0.1, 0.15) is 29.6 Å². The van der Waals surface area contributed by atoms with E-state index in [1.54, 1.807) is 10.7 Å². The number of anilines is 2. The largest absolute Gasteiger partial charge is 0.417 e. The van der Waals surface area contributed by atoms with Gasteiger partial charge in [-0.05, 0) is 61.2 Å². The zero-order valence-electron chi connectivity index (χ0n) is 17.4. The first-order chi connectivity index (χ1) is 15.6. The monoisotopic (exact) mass is 429 g/mol. The van der Waals surface area contributed by atoms with Gasteiger partial charge in [-0.25, -0.2) is 14.1 Å². The molecule has 1 atom stereocenters. The van der Waals surface area contributed by atoms with E-state index in [-0.39, 0.29) is 5.82 Å². The van der Waals surface area contributed by atoms with Gasteiger partial charge in [0.2, 0.25) is 17.6 Å². The number of nitrogens with zero attached hydrogens (tertiary/aromatic N) is 6. The summed E-state index contributed by atoms with van der Waals surface area (Å²) < 4.78 is 22.6. The molecular weight excluding hydrogens is 409 g/mol. The van der Waals surface area contributed by atoms with Crippen molar-refractivity contribution in [3.8, 4) is 11.5 Å². The van der Waals surface area contributed by atoms with Gasteiger partial charge in [0, 0.05) is 24.2 Å². The molecule has 1 unspecified atom stereocenters. The number of nitrogens with one attached hydrogen (secondary N) is 1. The van der Waals surface area contributed by atoms with Gasteiger partial charge in [0.05, 0.1) is 6.20 Å². The highest BCUT2D eigenvalue weighted by Crippen LogP contribution is 2.30. The molecule has 0 bridgehead atoms. The average molecular weight is 429 g/mol. The normalized spacial score (nSPS) is 15.8. The maximum absolute atomic E-state index is 13.2. The van der Waals surface area contributed by atoms with Crippen LogP contribution in [0.4, 0.5) is 16.0 Å². The Morgan fingerprint density at radius 2 is 1.88 bits per heavy atom. The van der Waals surface area contributed by atoms with Crippen molar-refractivity contribution in [3.63, 3.8) is 0 Å². The Morgan fingerprint density at radius 3 is 2.66 bits per heavy atom. The predicted molar refractivity (Wildman–Crippen MR) is 116 cm³/mol. The van der Waals surface area contributed by atoms with Crippen molar-refractivity contribution >= 4 is 17.3 Å². The lowest BCUT2D eigenvalue weighted by Crippen LogP contribution is -2.19. The molecule has 0 aliphatic carbocycles. The lowest BCUT2D eigenvalue weighted by Gasteiger charge is -2.22. The van der Waals surface area contributed by atoms with Gasteiger partial charge >= 0.3 is 0 Å². The van der Waals surface area contributed by atoms with E-state index in [2.05, 4.69) is 25.5 Å². The Balaban J connectivity index is 1.17. The van der Waals surface area contributed by atoms with Gasteiger partial charge < -0.3 is 9.73 Å². The lowest BCUT2D eigenvalue weighted by atomic mass is 9.90. The molecule has 0 saturated carbocycles. The van der Waals surface area contributed by atoms with Crippen molar-refractivity contribution in [2.24, 2.45) is 0 Å². The first-order valence-corrected chi connectivity index (χ1v) is 10.5. The highest BCUT2D eigenvalue weighted by molar-refractivity contribution is 5.62. The molecule has 2 aromatic carbocycles. The van der Waals surface area contributed by atoms with Gasteiger partial charge in [0.15, 0.2) is 0 Å². The van der Waals surface area contributed by atoms with Crippen LogP contribution in [-0.4, -0.2) is 29.4 Å². The maximum atomic E-state index is 13.2. The van der Waals surface area contributed by atoms with Crippen LogP contribution in [-0.2, 0) is 13.0 Å². The summed E-state index contributed by atoms with van der Waals surface area (Å²) in [6.45, 7) is 2.67. The summed E-state index contributed by atoms with van der Waals surface area (Å²) in [6, 6.07) is 14.5. The first-order valence-electron chi connectivity index (χ1n) is 10.5. The second-order valence-electron chi connectivity index (χ2n) is 7.98. The van der Waals surface area contributed by atoms with E-state index < -0.39 is 0 Å². The van der Waals surface area contributed by atoms with Crippen molar-refractivity contribution in [1.82, 2.24) is 29.4 Å². The minimum Gasteiger partial charge on any atom is -0.417 e. The maximum Gasteiger partial charge on any atom is 0.246 e. The van der Waals surface area contributed by atoms with Crippen LogP contribution < -0.4 is 5.32 Å². The minimum absolute atomic E-state index is 0.210. The molecule has 0 saturated heterocycles. The van der Waals surface area contributed by atoms with E-state index >= 15 is 0 Å². The fourth-order valence-corrected chi connectivity index (χ4v) is 4.14. The Morgan fingerprint density at radius 1 is 1.06 bits per heavy atom. The van der Waals surface area contributed by atoms with Gasteiger partial charge in [0.25, 0.3) is 0 Å². The zero-order chi connectivity index (χ0) is 21.7. The van der Waals surface area contributed by atoms with E-state index in [1.165, 1.54) is 12.1 Å². The van der Waals surface area contributed by atoms with Crippen molar-refractivity contribution in [2.45, 2.75) is 32.2 Å². The summed E-state index contributed by atoms with van der Waals surface area (Å²) in [5, 5.41) is 12.3. The topological polar surface area (TPSA) is 86.1 Å². The van der Waals surface area contributed by atoms with Gasteiger partial charge in [0.1, 0.15) is 17.5 Å².